The lowest BCUT2D eigenvalue weighted by Crippen LogP contribution is -2.32. The summed E-state index contributed by atoms with van der Waals surface area (Å²) in [5.41, 5.74) is 0.833. The van der Waals surface area contributed by atoms with Crippen molar-refractivity contribution in [1.82, 2.24) is 10.3 Å². The second-order valence-corrected chi connectivity index (χ2v) is 4.03. The van der Waals surface area contributed by atoms with Crippen molar-refractivity contribution in [3.63, 3.8) is 0 Å². The van der Waals surface area contributed by atoms with Crippen LogP contribution in [0, 0.1) is 5.82 Å². The van der Waals surface area contributed by atoms with E-state index in [-0.39, 0.29) is 18.0 Å². The van der Waals surface area contributed by atoms with E-state index < -0.39 is 0 Å². The van der Waals surface area contributed by atoms with Crippen LogP contribution in [-0.2, 0) is 4.74 Å². The standard InChI is InChI=1S/C13H21FN2O/c1-4-6-16-13(10(3)17-5-2)11-7-12(14)9-15-8-11/h7-10,13,16H,4-6H2,1-3H3. The Hall–Kier alpha value is -1.00. The van der Waals surface area contributed by atoms with Gasteiger partial charge in [-0.2, -0.15) is 0 Å². The van der Waals surface area contributed by atoms with E-state index in [1.165, 1.54) is 12.3 Å². The highest BCUT2D eigenvalue weighted by Crippen LogP contribution is 2.19. The number of hydrogen-bond acceptors (Lipinski definition) is 3. The Kier molecular flexibility index (Phi) is 6.08. The van der Waals surface area contributed by atoms with Gasteiger partial charge in [0.05, 0.1) is 18.3 Å². The highest BCUT2D eigenvalue weighted by molar-refractivity contribution is 5.16. The van der Waals surface area contributed by atoms with Crippen molar-refractivity contribution >= 4 is 0 Å². The maximum atomic E-state index is 13.2. The van der Waals surface area contributed by atoms with Crippen molar-refractivity contribution in [3.05, 3.63) is 29.8 Å². The fourth-order valence-corrected chi connectivity index (χ4v) is 1.81. The summed E-state index contributed by atoms with van der Waals surface area (Å²) in [5.74, 6) is -0.311. The number of halogens is 1. The number of nitrogens with one attached hydrogen (secondary N) is 1. The van der Waals surface area contributed by atoms with E-state index in [4.69, 9.17) is 4.74 Å². The van der Waals surface area contributed by atoms with Gasteiger partial charge in [0.25, 0.3) is 0 Å². The molecule has 2 atom stereocenters. The van der Waals surface area contributed by atoms with Gasteiger partial charge in [0.15, 0.2) is 0 Å². The van der Waals surface area contributed by atoms with Gasteiger partial charge in [-0.25, -0.2) is 4.39 Å². The van der Waals surface area contributed by atoms with Gasteiger partial charge < -0.3 is 10.1 Å². The van der Waals surface area contributed by atoms with Gasteiger partial charge >= 0.3 is 0 Å². The van der Waals surface area contributed by atoms with Gasteiger partial charge in [-0.3, -0.25) is 4.98 Å². The molecule has 0 aromatic carbocycles. The lowest BCUT2D eigenvalue weighted by molar-refractivity contribution is 0.0471. The zero-order valence-corrected chi connectivity index (χ0v) is 10.7. The number of aromatic nitrogens is 1. The summed E-state index contributed by atoms with van der Waals surface area (Å²) >= 11 is 0. The fourth-order valence-electron chi connectivity index (χ4n) is 1.81. The first-order chi connectivity index (χ1) is 8.19. The smallest absolute Gasteiger partial charge is 0.141 e. The van der Waals surface area contributed by atoms with Crippen LogP contribution in [0.4, 0.5) is 4.39 Å². The maximum Gasteiger partial charge on any atom is 0.141 e. The molecule has 17 heavy (non-hydrogen) atoms. The predicted molar refractivity (Wildman–Crippen MR) is 66.3 cm³/mol. The molecule has 0 aliphatic carbocycles. The average Bonchev–Trinajstić information content (AvgIpc) is 2.30. The molecule has 0 bridgehead atoms. The molecule has 1 N–H and O–H groups in total. The Bertz CT molecular complexity index is 333. The first-order valence-corrected chi connectivity index (χ1v) is 6.14. The SMILES string of the molecule is CCCNC(c1cncc(F)c1)C(C)OCC. The van der Waals surface area contributed by atoms with Gasteiger partial charge in [0.1, 0.15) is 5.82 Å². The third kappa shape index (κ3) is 4.40. The Morgan fingerprint density at radius 1 is 1.41 bits per heavy atom. The van der Waals surface area contributed by atoms with Crippen LogP contribution in [0.5, 0.6) is 0 Å². The van der Waals surface area contributed by atoms with Crippen molar-refractivity contribution in [3.8, 4) is 0 Å². The first kappa shape index (κ1) is 14.1. The van der Waals surface area contributed by atoms with Crippen molar-refractivity contribution in [2.75, 3.05) is 13.2 Å². The highest BCUT2D eigenvalue weighted by Gasteiger charge is 2.19. The molecule has 0 aliphatic rings. The topological polar surface area (TPSA) is 34.2 Å². The molecule has 0 aliphatic heterocycles. The van der Waals surface area contributed by atoms with Gasteiger partial charge in [0, 0.05) is 12.8 Å². The molecule has 0 saturated heterocycles. The number of ether oxygens (including phenoxy) is 1. The van der Waals surface area contributed by atoms with E-state index in [9.17, 15) is 4.39 Å². The van der Waals surface area contributed by atoms with Crippen LogP contribution in [0.1, 0.15) is 38.8 Å². The third-order valence-corrected chi connectivity index (χ3v) is 2.60. The highest BCUT2D eigenvalue weighted by atomic mass is 19.1. The van der Waals surface area contributed by atoms with E-state index >= 15 is 0 Å². The number of hydrogen-bond donors (Lipinski definition) is 1. The van der Waals surface area contributed by atoms with E-state index in [0.717, 1.165) is 18.5 Å². The molecule has 1 rings (SSSR count). The summed E-state index contributed by atoms with van der Waals surface area (Å²) in [4.78, 5) is 3.89. The van der Waals surface area contributed by atoms with Crippen LogP contribution in [0.2, 0.25) is 0 Å². The normalized spacial score (nSPS) is 14.6. The maximum absolute atomic E-state index is 13.2. The van der Waals surface area contributed by atoms with Gasteiger partial charge in [-0.15, -0.1) is 0 Å². The lowest BCUT2D eigenvalue weighted by Gasteiger charge is -2.25. The second-order valence-electron chi connectivity index (χ2n) is 4.03. The summed E-state index contributed by atoms with van der Waals surface area (Å²) in [7, 11) is 0. The molecule has 96 valence electrons. The molecule has 1 heterocycles. The second kappa shape index (κ2) is 7.35. The van der Waals surface area contributed by atoms with E-state index in [0.29, 0.717) is 6.61 Å². The minimum absolute atomic E-state index is 0.00449. The van der Waals surface area contributed by atoms with Crippen molar-refractivity contribution in [2.45, 2.75) is 39.3 Å². The van der Waals surface area contributed by atoms with Gasteiger partial charge in [-0.1, -0.05) is 6.92 Å². The molecule has 0 radical (unpaired) electrons. The van der Waals surface area contributed by atoms with Crippen LogP contribution >= 0.6 is 0 Å². The first-order valence-electron chi connectivity index (χ1n) is 6.14. The Morgan fingerprint density at radius 2 is 2.18 bits per heavy atom. The zero-order chi connectivity index (χ0) is 12.7. The van der Waals surface area contributed by atoms with Crippen molar-refractivity contribution < 1.29 is 9.13 Å². The number of pyridine rings is 1. The third-order valence-electron chi connectivity index (χ3n) is 2.60. The van der Waals surface area contributed by atoms with Crippen molar-refractivity contribution in [1.29, 1.82) is 0 Å². The van der Waals surface area contributed by atoms with Gasteiger partial charge in [0.2, 0.25) is 0 Å². The van der Waals surface area contributed by atoms with E-state index in [1.54, 1.807) is 6.20 Å². The minimum atomic E-state index is -0.311. The molecular weight excluding hydrogens is 219 g/mol. The molecule has 0 amide bonds. The van der Waals surface area contributed by atoms with E-state index in [1.807, 2.05) is 13.8 Å². The fraction of sp³-hybridized carbons (Fsp3) is 0.615. The van der Waals surface area contributed by atoms with Crippen LogP contribution in [-0.4, -0.2) is 24.2 Å². The molecule has 3 nitrogen and oxygen atoms in total. The van der Waals surface area contributed by atoms with Crippen molar-refractivity contribution in [2.24, 2.45) is 0 Å². The summed E-state index contributed by atoms with van der Waals surface area (Å²) in [6.07, 6.45) is 3.92. The van der Waals surface area contributed by atoms with Crippen LogP contribution in [0.15, 0.2) is 18.5 Å². The number of nitrogens with zero attached hydrogens (tertiary/aromatic N) is 1. The van der Waals surface area contributed by atoms with E-state index in [2.05, 4.69) is 17.2 Å². The quantitative estimate of drug-likeness (QED) is 0.795. The Balaban J connectivity index is 2.81. The average molecular weight is 240 g/mol. The Labute approximate surface area is 102 Å². The molecule has 0 saturated carbocycles. The lowest BCUT2D eigenvalue weighted by atomic mass is 10.0. The summed E-state index contributed by atoms with van der Waals surface area (Å²) in [5, 5.41) is 3.37. The van der Waals surface area contributed by atoms with Gasteiger partial charge in [-0.05, 0) is 38.4 Å². The summed E-state index contributed by atoms with van der Waals surface area (Å²) in [6.45, 7) is 7.56. The van der Waals surface area contributed by atoms with Crippen LogP contribution < -0.4 is 5.32 Å². The molecule has 0 spiro atoms. The molecule has 0 fully saturated rings. The molecule has 1 aromatic rings. The molecule has 4 heteroatoms. The minimum Gasteiger partial charge on any atom is -0.377 e. The Morgan fingerprint density at radius 3 is 2.76 bits per heavy atom. The molecule has 2 unspecified atom stereocenters. The summed E-state index contributed by atoms with van der Waals surface area (Å²) in [6, 6.07) is 1.49. The molecular formula is C13H21FN2O. The van der Waals surface area contributed by atoms with Crippen LogP contribution in [0.25, 0.3) is 0 Å². The predicted octanol–water partition coefficient (Wildman–Crippen LogP) is 2.69. The molecule has 1 aromatic heterocycles. The summed E-state index contributed by atoms with van der Waals surface area (Å²) < 4.78 is 18.8. The largest absolute Gasteiger partial charge is 0.377 e. The number of rotatable bonds is 7. The van der Waals surface area contributed by atoms with Crippen LogP contribution in [0.3, 0.4) is 0 Å². The zero-order valence-electron chi connectivity index (χ0n) is 10.7. The monoisotopic (exact) mass is 240 g/mol.